The number of aromatic nitrogens is 3. The van der Waals surface area contributed by atoms with Gasteiger partial charge in [0.25, 0.3) is 0 Å². The third kappa shape index (κ3) is 2.81. The van der Waals surface area contributed by atoms with Gasteiger partial charge in [-0.25, -0.2) is 0 Å². The molecule has 2 aromatic heterocycles. The van der Waals surface area contributed by atoms with Crippen molar-refractivity contribution in [3.63, 3.8) is 0 Å². The third-order valence-electron chi connectivity index (χ3n) is 2.58. The van der Waals surface area contributed by atoms with Crippen molar-refractivity contribution in [1.29, 1.82) is 0 Å². The van der Waals surface area contributed by atoms with Crippen molar-refractivity contribution < 1.29 is 22.0 Å². The molecule has 0 amide bonds. The first-order valence-corrected chi connectivity index (χ1v) is 6.60. The van der Waals surface area contributed by atoms with Crippen molar-refractivity contribution in [3.05, 3.63) is 28.6 Å². The fourth-order valence-corrected chi connectivity index (χ4v) is 2.04. The molecule has 2 heterocycles. The number of hydrogen-bond donors (Lipinski definition) is 1. The van der Waals surface area contributed by atoms with Crippen molar-refractivity contribution in [1.82, 2.24) is 15.2 Å². The number of halogens is 5. The molecule has 0 atom stereocenters. The minimum absolute atomic E-state index is 0.0173. The monoisotopic (exact) mass is 352 g/mol. The van der Waals surface area contributed by atoms with Crippen LogP contribution in [0.5, 0.6) is 0 Å². The summed E-state index contributed by atoms with van der Waals surface area (Å²) in [4.78, 5) is 3.86. The van der Waals surface area contributed by atoms with Crippen LogP contribution in [0.1, 0.15) is 11.5 Å². The van der Waals surface area contributed by atoms with Gasteiger partial charge in [0.2, 0.25) is 5.89 Å². The van der Waals surface area contributed by atoms with E-state index in [0.717, 1.165) is 12.1 Å². The second-order valence-electron chi connectivity index (χ2n) is 4.08. The maximum Gasteiger partial charge on any atom is 0.417 e. The standard InChI is InChI=1S/C11H5Cl2F3N4O2/c12-3-8-19-20-10(22-8)18-9-17-6-1-4(11(14,15)16)5(13)2-7(6)21-9/h1-2H,3H2,(H,17,18,20). The molecule has 0 spiro atoms. The number of anilines is 2. The average Bonchev–Trinajstić information content (AvgIpc) is 3.02. The zero-order valence-corrected chi connectivity index (χ0v) is 11.9. The zero-order valence-electron chi connectivity index (χ0n) is 10.4. The molecule has 0 fully saturated rings. The van der Waals surface area contributed by atoms with Gasteiger partial charge in [0.05, 0.1) is 10.6 Å². The highest BCUT2D eigenvalue weighted by molar-refractivity contribution is 6.32. The molecule has 11 heteroatoms. The fourth-order valence-electron chi connectivity index (χ4n) is 1.67. The van der Waals surface area contributed by atoms with Crippen molar-refractivity contribution >= 4 is 46.3 Å². The first kappa shape index (κ1) is 14.9. The smallest absolute Gasteiger partial charge is 0.417 e. The van der Waals surface area contributed by atoms with Gasteiger partial charge in [-0.1, -0.05) is 16.7 Å². The number of hydrogen-bond acceptors (Lipinski definition) is 6. The van der Waals surface area contributed by atoms with Gasteiger partial charge in [-0.2, -0.15) is 18.2 Å². The minimum Gasteiger partial charge on any atom is -0.423 e. The first-order valence-electron chi connectivity index (χ1n) is 5.69. The van der Waals surface area contributed by atoms with E-state index in [1.54, 1.807) is 0 Å². The molecule has 0 aliphatic heterocycles. The number of benzene rings is 1. The lowest BCUT2D eigenvalue weighted by Crippen LogP contribution is -2.05. The van der Waals surface area contributed by atoms with Crippen LogP contribution >= 0.6 is 23.2 Å². The van der Waals surface area contributed by atoms with Crippen LogP contribution in [0.4, 0.5) is 25.2 Å². The second kappa shape index (κ2) is 5.33. The van der Waals surface area contributed by atoms with E-state index in [0.29, 0.717) is 0 Å². The SMILES string of the molecule is FC(F)(F)c1cc2nc(Nc3nnc(CCl)o3)oc2cc1Cl. The summed E-state index contributed by atoms with van der Waals surface area (Å²) in [7, 11) is 0. The lowest BCUT2D eigenvalue weighted by Gasteiger charge is -2.07. The van der Waals surface area contributed by atoms with Gasteiger partial charge in [-0.05, 0) is 6.07 Å². The Hall–Kier alpha value is -2.00. The molecule has 116 valence electrons. The van der Waals surface area contributed by atoms with Crippen molar-refractivity contribution in [2.45, 2.75) is 12.1 Å². The largest absolute Gasteiger partial charge is 0.423 e. The molecule has 0 bridgehead atoms. The van der Waals surface area contributed by atoms with Crippen LogP contribution in [0, 0.1) is 0 Å². The highest BCUT2D eigenvalue weighted by Crippen LogP contribution is 2.37. The third-order valence-corrected chi connectivity index (χ3v) is 3.12. The summed E-state index contributed by atoms with van der Waals surface area (Å²) in [5.41, 5.74) is -0.933. The number of alkyl halides is 4. The van der Waals surface area contributed by atoms with Crippen LogP contribution < -0.4 is 5.32 Å². The highest BCUT2D eigenvalue weighted by atomic mass is 35.5. The Morgan fingerprint density at radius 1 is 1.14 bits per heavy atom. The Kier molecular flexibility index (Phi) is 3.61. The number of nitrogens with one attached hydrogen (secondary N) is 1. The van der Waals surface area contributed by atoms with Crippen LogP contribution in [0.25, 0.3) is 11.1 Å². The van der Waals surface area contributed by atoms with E-state index in [4.69, 9.17) is 32.0 Å². The maximum atomic E-state index is 12.8. The second-order valence-corrected chi connectivity index (χ2v) is 4.75. The van der Waals surface area contributed by atoms with Crippen LogP contribution in [0.15, 0.2) is 21.0 Å². The van der Waals surface area contributed by atoms with E-state index in [9.17, 15) is 13.2 Å². The molecule has 0 saturated carbocycles. The van der Waals surface area contributed by atoms with Crippen LogP contribution in [0.2, 0.25) is 5.02 Å². The molecule has 0 radical (unpaired) electrons. The van der Waals surface area contributed by atoms with Gasteiger partial charge >= 0.3 is 18.2 Å². The van der Waals surface area contributed by atoms with Crippen molar-refractivity contribution in [2.24, 2.45) is 0 Å². The molecule has 0 aliphatic carbocycles. The van der Waals surface area contributed by atoms with E-state index in [2.05, 4.69) is 20.5 Å². The van der Waals surface area contributed by atoms with E-state index in [1.807, 2.05) is 0 Å². The zero-order chi connectivity index (χ0) is 15.9. The van der Waals surface area contributed by atoms with Gasteiger partial charge in [0, 0.05) is 6.07 Å². The maximum absolute atomic E-state index is 12.8. The van der Waals surface area contributed by atoms with Gasteiger partial charge in [0.15, 0.2) is 5.58 Å². The normalized spacial score (nSPS) is 12.0. The van der Waals surface area contributed by atoms with E-state index in [1.165, 1.54) is 0 Å². The Bertz CT molecular complexity index is 830. The molecular weight excluding hydrogens is 348 g/mol. The molecule has 0 saturated heterocycles. The summed E-state index contributed by atoms with van der Waals surface area (Å²) in [6.45, 7) is 0. The molecule has 3 aromatic rings. The molecule has 22 heavy (non-hydrogen) atoms. The van der Waals surface area contributed by atoms with Gasteiger partial charge in [-0.3, -0.25) is 5.32 Å². The summed E-state index contributed by atoms with van der Waals surface area (Å²) in [6, 6.07) is 1.67. The van der Waals surface area contributed by atoms with E-state index >= 15 is 0 Å². The topological polar surface area (TPSA) is 77.0 Å². The molecule has 1 aromatic carbocycles. The number of rotatable bonds is 3. The Balaban J connectivity index is 1.95. The van der Waals surface area contributed by atoms with E-state index in [-0.39, 0.29) is 34.9 Å². The highest BCUT2D eigenvalue weighted by Gasteiger charge is 2.34. The van der Waals surface area contributed by atoms with Crippen molar-refractivity contribution in [2.75, 3.05) is 5.32 Å². The first-order chi connectivity index (χ1) is 10.4. The summed E-state index contributed by atoms with van der Waals surface area (Å²) < 4.78 is 48.6. The fraction of sp³-hybridized carbons (Fsp3) is 0.182. The quantitative estimate of drug-likeness (QED) is 0.705. The predicted octanol–water partition coefficient (Wildman–Crippen LogP) is 4.37. The molecule has 6 nitrogen and oxygen atoms in total. The molecule has 3 rings (SSSR count). The number of nitrogens with zero attached hydrogens (tertiary/aromatic N) is 3. The van der Waals surface area contributed by atoms with Gasteiger partial charge in [-0.15, -0.1) is 16.7 Å². The summed E-state index contributed by atoms with van der Waals surface area (Å²) in [5, 5.41) is 9.25. The van der Waals surface area contributed by atoms with E-state index < -0.39 is 16.8 Å². The molecule has 0 unspecified atom stereocenters. The summed E-state index contributed by atoms with van der Waals surface area (Å²) >= 11 is 11.1. The average molecular weight is 353 g/mol. The number of fused-ring (bicyclic) bond motifs is 1. The van der Waals surface area contributed by atoms with Crippen LogP contribution in [-0.2, 0) is 12.1 Å². The Labute approximate surface area is 130 Å². The summed E-state index contributed by atoms with van der Waals surface area (Å²) in [6.07, 6.45) is -4.58. The van der Waals surface area contributed by atoms with Gasteiger partial charge < -0.3 is 8.83 Å². The molecule has 1 N–H and O–H groups in total. The van der Waals surface area contributed by atoms with Gasteiger partial charge in [0.1, 0.15) is 11.4 Å². The van der Waals surface area contributed by atoms with Crippen molar-refractivity contribution in [3.8, 4) is 0 Å². The van der Waals surface area contributed by atoms with Crippen LogP contribution in [0.3, 0.4) is 0 Å². The summed E-state index contributed by atoms with van der Waals surface area (Å²) in [5.74, 6) is 0.190. The number of oxazole rings is 1. The lowest BCUT2D eigenvalue weighted by molar-refractivity contribution is -0.137. The molecule has 0 aliphatic rings. The van der Waals surface area contributed by atoms with Crippen LogP contribution in [-0.4, -0.2) is 15.2 Å². The minimum atomic E-state index is -4.58. The molecular formula is C11H5Cl2F3N4O2. The predicted molar refractivity (Wildman–Crippen MR) is 71.2 cm³/mol. The Morgan fingerprint density at radius 2 is 1.91 bits per heavy atom. The Morgan fingerprint density at radius 3 is 2.55 bits per heavy atom. The lowest BCUT2D eigenvalue weighted by atomic mass is 10.2.